The van der Waals surface area contributed by atoms with Crippen molar-refractivity contribution in [2.45, 2.75) is 133 Å². The Balaban J connectivity index is 1.48. The molecule has 6 rings (SSSR count). The topological polar surface area (TPSA) is 141 Å². The van der Waals surface area contributed by atoms with E-state index in [0.717, 1.165) is 51.6 Å². The summed E-state index contributed by atoms with van der Waals surface area (Å²) in [5.41, 5.74) is 2.66. The van der Waals surface area contributed by atoms with E-state index >= 15 is 0 Å². The van der Waals surface area contributed by atoms with Gasteiger partial charge < -0.3 is 24.0 Å². The number of fused-ring (bicyclic) bond motifs is 3. The zero-order valence-corrected chi connectivity index (χ0v) is 39.2. The minimum atomic E-state index is -3.90. The number of carbonyl (C=O) groups is 1. The molecule has 0 aromatic carbocycles. The predicted octanol–water partition coefficient (Wildman–Crippen LogP) is 8.70. The fraction of sp³-hybridized carbons (Fsp3) is 0.625. The summed E-state index contributed by atoms with van der Waals surface area (Å²) in [6.07, 6.45) is 9.06. The van der Waals surface area contributed by atoms with Gasteiger partial charge in [0.2, 0.25) is 0 Å². The molecule has 312 valence electrons. The Morgan fingerprint density at radius 3 is 2.04 bits per heavy atom. The second kappa shape index (κ2) is 16.8. The molecule has 13 nitrogen and oxygen atoms in total. The number of ether oxygens (including phenoxy) is 3. The number of anilines is 1. The second-order valence-electron chi connectivity index (χ2n) is 19.1. The van der Waals surface area contributed by atoms with E-state index in [1.807, 2.05) is 55.8 Å². The number of carbonyl (C=O) groups excluding carboxylic acids is 1. The Hall–Kier alpha value is -3.23. The van der Waals surface area contributed by atoms with E-state index in [9.17, 15) is 13.2 Å². The number of piperidine rings is 1. The molecule has 1 amide bonds. The fourth-order valence-corrected chi connectivity index (χ4v) is 10.9. The normalized spacial score (nSPS) is 19.1. The van der Waals surface area contributed by atoms with Crippen molar-refractivity contribution in [2.24, 2.45) is 0 Å². The Kier molecular flexibility index (Phi) is 12.8. The average Bonchev–Trinajstić information content (AvgIpc) is 3.80. The standard InChI is InChI=1S/C40H61N7O6S2Si2/c1-27-22-42-37(54-27)33-15-12-28(23-41-33)32-24-43-47-36(32)44-34(29-20-30-13-14-31(21-29)46(30)39(48)53-40(2,3)4)35(55(5,49)50)38(47)45(25-51-16-18-56(6,7)8)26-52-17-19-57(9,10)11/h12,15,22-24,29-31H,13-14,16-21,25-26H2,1-11H3/t29-,30+,31-. The highest BCUT2D eigenvalue weighted by molar-refractivity contribution is 7.91. The van der Waals surface area contributed by atoms with Crippen LogP contribution in [0.15, 0.2) is 35.6 Å². The zero-order chi connectivity index (χ0) is 41.5. The van der Waals surface area contributed by atoms with Gasteiger partial charge in [-0.1, -0.05) is 45.3 Å². The number of nitrogens with zero attached hydrogens (tertiary/aromatic N) is 7. The van der Waals surface area contributed by atoms with Gasteiger partial charge in [-0.05, 0) is 71.5 Å². The Labute approximate surface area is 344 Å². The second-order valence-corrected chi connectivity index (χ2v) is 33.5. The molecule has 0 spiro atoms. The van der Waals surface area contributed by atoms with Crippen LogP contribution in [0.25, 0.3) is 27.5 Å². The van der Waals surface area contributed by atoms with Crippen LogP contribution in [0, 0.1) is 6.92 Å². The van der Waals surface area contributed by atoms with Crippen molar-refractivity contribution in [3.63, 3.8) is 0 Å². The van der Waals surface area contributed by atoms with E-state index in [2.05, 4.69) is 44.3 Å². The molecular formula is C40H61N7O6S2Si2. The Morgan fingerprint density at radius 1 is 0.930 bits per heavy atom. The van der Waals surface area contributed by atoms with E-state index < -0.39 is 31.6 Å². The number of pyridine rings is 1. The van der Waals surface area contributed by atoms with Crippen LogP contribution < -0.4 is 4.90 Å². The molecule has 57 heavy (non-hydrogen) atoms. The summed E-state index contributed by atoms with van der Waals surface area (Å²) in [5.74, 6) is 0.128. The molecule has 2 fully saturated rings. The van der Waals surface area contributed by atoms with Crippen LogP contribution in [0.2, 0.25) is 51.4 Å². The molecule has 2 aliphatic rings. The number of thiazole rings is 1. The van der Waals surface area contributed by atoms with Crippen LogP contribution in [-0.2, 0) is 24.0 Å². The van der Waals surface area contributed by atoms with Crippen molar-refractivity contribution in [2.75, 3.05) is 37.8 Å². The van der Waals surface area contributed by atoms with Gasteiger partial charge in [0.1, 0.15) is 29.0 Å². The van der Waals surface area contributed by atoms with Gasteiger partial charge in [0.25, 0.3) is 0 Å². The fourth-order valence-electron chi connectivity index (χ4n) is 7.53. The lowest BCUT2D eigenvalue weighted by Gasteiger charge is -2.40. The van der Waals surface area contributed by atoms with Gasteiger partial charge >= 0.3 is 6.09 Å². The van der Waals surface area contributed by atoms with Gasteiger partial charge in [-0.3, -0.25) is 4.98 Å². The van der Waals surface area contributed by atoms with Gasteiger partial charge in [0, 0.05) is 82.0 Å². The summed E-state index contributed by atoms with van der Waals surface area (Å²) >= 11 is 1.59. The van der Waals surface area contributed by atoms with Gasteiger partial charge in [-0.25, -0.2) is 23.2 Å². The first kappa shape index (κ1) is 43.4. The number of hydrogen-bond acceptors (Lipinski definition) is 12. The van der Waals surface area contributed by atoms with E-state index in [1.54, 1.807) is 28.2 Å². The summed E-state index contributed by atoms with van der Waals surface area (Å²) in [6, 6.07) is 5.65. The molecule has 0 aliphatic carbocycles. The Morgan fingerprint density at radius 2 is 1.54 bits per heavy atom. The highest BCUT2D eigenvalue weighted by atomic mass is 32.2. The van der Waals surface area contributed by atoms with Crippen molar-refractivity contribution in [3.8, 4) is 21.8 Å². The number of aromatic nitrogens is 5. The smallest absolute Gasteiger partial charge is 0.410 e. The van der Waals surface area contributed by atoms with Gasteiger partial charge in [0.05, 0.1) is 17.6 Å². The molecule has 4 aromatic rings. The highest BCUT2D eigenvalue weighted by Crippen LogP contribution is 2.46. The maximum Gasteiger partial charge on any atom is 0.410 e. The lowest BCUT2D eigenvalue weighted by Crippen LogP contribution is -2.48. The Bertz CT molecular complexity index is 2120. The molecule has 0 saturated carbocycles. The number of amides is 1. The molecule has 2 aliphatic heterocycles. The van der Waals surface area contributed by atoms with Crippen LogP contribution in [0.1, 0.15) is 62.9 Å². The predicted molar refractivity (Wildman–Crippen MR) is 232 cm³/mol. The SMILES string of the molecule is Cc1cnc(-c2ccc(-c3cnn4c(N(COCC[Si](C)(C)C)COCC[Si](C)(C)C)c(S(C)(=O)=O)c([C@H]5C[C@H]6CC[C@@H](C5)N6C(=O)OC(C)(C)C)nc34)cn2)s1. The first-order chi connectivity index (χ1) is 26.6. The molecule has 2 bridgehead atoms. The first-order valence-electron chi connectivity index (χ1n) is 20.0. The molecule has 0 radical (unpaired) electrons. The first-order valence-corrected chi connectivity index (χ1v) is 30.1. The maximum absolute atomic E-state index is 14.3. The van der Waals surface area contributed by atoms with Gasteiger partial charge in [-0.15, -0.1) is 11.3 Å². The number of aryl methyl sites for hydroxylation is 1. The highest BCUT2D eigenvalue weighted by Gasteiger charge is 2.47. The average molecular weight is 856 g/mol. The van der Waals surface area contributed by atoms with Crippen molar-refractivity contribution >= 4 is 54.9 Å². The molecule has 6 heterocycles. The largest absolute Gasteiger partial charge is 0.444 e. The van der Waals surface area contributed by atoms with Gasteiger partial charge in [0.15, 0.2) is 21.3 Å². The molecule has 17 heteroatoms. The van der Waals surface area contributed by atoms with Crippen LogP contribution in [0.5, 0.6) is 0 Å². The third kappa shape index (κ3) is 10.7. The lowest BCUT2D eigenvalue weighted by atomic mass is 9.88. The van der Waals surface area contributed by atoms with Crippen LogP contribution in [0.4, 0.5) is 10.6 Å². The molecule has 3 atom stereocenters. The van der Waals surface area contributed by atoms with E-state index in [0.29, 0.717) is 43.2 Å². The summed E-state index contributed by atoms with van der Waals surface area (Å²) in [4.78, 5) is 33.0. The van der Waals surface area contributed by atoms with Crippen molar-refractivity contribution in [1.82, 2.24) is 29.5 Å². The quantitative estimate of drug-likeness (QED) is 0.0644. The van der Waals surface area contributed by atoms with Crippen LogP contribution >= 0.6 is 11.3 Å². The molecule has 2 saturated heterocycles. The van der Waals surface area contributed by atoms with E-state index in [-0.39, 0.29) is 42.5 Å². The maximum atomic E-state index is 14.3. The van der Waals surface area contributed by atoms with Crippen LogP contribution in [-0.4, -0.2) is 111 Å². The number of hydrogen-bond donors (Lipinski definition) is 0. The molecule has 0 N–H and O–H groups in total. The molecule has 4 aromatic heterocycles. The van der Waals surface area contributed by atoms with Crippen molar-refractivity contribution in [3.05, 3.63) is 41.3 Å². The number of sulfone groups is 1. The number of rotatable bonds is 15. The minimum absolute atomic E-state index is 0.0981. The van der Waals surface area contributed by atoms with Gasteiger partial charge in [-0.2, -0.15) is 9.61 Å². The summed E-state index contributed by atoms with van der Waals surface area (Å²) in [6.45, 7) is 22.8. The zero-order valence-electron chi connectivity index (χ0n) is 35.6. The molecular weight excluding hydrogens is 795 g/mol. The van der Waals surface area contributed by atoms with E-state index in [4.69, 9.17) is 29.3 Å². The third-order valence-electron chi connectivity index (χ3n) is 10.4. The van der Waals surface area contributed by atoms with Crippen molar-refractivity contribution < 1.29 is 27.4 Å². The molecule has 0 unspecified atom stereocenters. The minimum Gasteiger partial charge on any atom is -0.444 e. The summed E-state index contributed by atoms with van der Waals surface area (Å²) in [7, 11) is -6.72. The van der Waals surface area contributed by atoms with E-state index in [1.165, 1.54) is 6.26 Å². The van der Waals surface area contributed by atoms with Crippen molar-refractivity contribution in [1.29, 1.82) is 0 Å². The summed E-state index contributed by atoms with van der Waals surface area (Å²) in [5, 5.41) is 5.69. The monoisotopic (exact) mass is 855 g/mol. The summed E-state index contributed by atoms with van der Waals surface area (Å²) < 4.78 is 48.7. The van der Waals surface area contributed by atoms with Crippen LogP contribution in [0.3, 0.4) is 0 Å². The lowest BCUT2D eigenvalue weighted by molar-refractivity contribution is 0.00557. The third-order valence-corrected chi connectivity index (χ3v) is 15.9.